The van der Waals surface area contributed by atoms with E-state index in [0.717, 1.165) is 31.7 Å². The molecule has 0 aliphatic carbocycles. The lowest BCUT2D eigenvalue weighted by Gasteiger charge is -2.05. The number of nitrogens with one attached hydrogen (secondary N) is 1. The van der Waals surface area contributed by atoms with Crippen LogP contribution in [0.5, 0.6) is 0 Å². The molecule has 0 spiro atoms. The second-order valence-corrected chi connectivity index (χ2v) is 5.53. The number of rotatable bonds is 7. The Morgan fingerprint density at radius 2 is 1.85 bits per heavy atom. The molecule has 0 aliphatic rings. The minimum atomic E-state index is 0.901. The van der Waals surface area contributed by atoms with E-state index >= 15 is 0 Å². The number of aromatic nitrogens is 2. The Balaban J connectivity index is 1.92. The van der Waals surface area contributed by atoms with Crippen molar-refractivity contribution in [3.05, 3.63) is 53.1 Å². The molecular formula is C17H25N3. The highest BCUT2D eigenvalue weighted by atomic mass is 15.0. The third kappa shape index (κ3) is 4.49. The van der Waals surface area contributed by atoms with Crippen molar-refractivity contribution in [1.82, 2.24) is 14.9 Å². The molecule has 20 heavy (non-hydrogen) atoms. The molecule has 108 valence electrons. The zero-order chi connectivity index (χ0) is 14.4. The van der Waals surface area contributed by atoms with E-state index in [-0.39, 0.29) is 0 Å². The van der Waals surface area contributed by atoms with Crippen LogP contribution in [0.1, 0.15) is 35.7 Å². The van der Waals surface area contributed by atoms with Gasteiger partial charge in [0.25, 0.3) is 0 Å². The summed E-state index contributed by atoms with van der Waals surface area (Å²) in [4.78, 5) is 4.48. The van der Waals surface area contributed by atoms with Crippen LogP contribution in [0, 0.1) is 13.8 Å². The van der Waals surface area contributed by atoms with Gasteiger partial charge in [0.2, 0.25) is 0 Å². The summed E-state index contributed by atoms with van der Waals surface area (Å²) < 4.78 is 2.17. The first-order valence-electron chi connectivity index (χ1n) is 7.46. The summed E-state index contributed by atoms with van der Waals surface area (Å²) in [5.41, 5.74) is 5.15. The highest BCUT2D eigenvalue weighted by Gasteiger charge is 2.01. The monoisotopic (exact) mass is 271 g/mol. The van der Waals surface area contributed by atoms with Crippen molar-refractivity contribution in [2.45, 2.75) is 40.2 Å². The van der Waals surface area contributed by atoms with Crippen LogP contribution >= 0.6 is 0 Å². The van der Waals surface area contributed by atoms with Crippen molar-refractivity contribution in [2.75, 3.05) is 13.1 Å². The number of aryl methyl sites for hydroxylation is 2. The van der Waals surface area contributed by atoms with Gasteiger partial charge >= 0.3 is 0 Å². The minimum Gasteiger partial charge on any atom is -0.333 e. The van der Waals surface area contributed by atoms with Crippen LogP contribution in [0.15, 0.2) is 30.7 Å². The minimum absolute atomic E-state index is 0.901. The van der Waals surface area contributed by atoms with Gasteiger partial charge in [-0.3, -0.25) is 0 Å². The van der Waals surface area contributed by atoms with E-state index in [1.807, 2.05) is 6.33 Å². The van der Waals surface area contributed by atoms with Crippen LogP contribution in [0.25, 0.3) is 0 Å². The molecule has 0 saturated carbocycles. The Morgan fingerprint density at radius 1 is 1.10 bits per heavy atom. The molecular weight excluding hydrogens is 246 g/mol. The maximum Gasteiger partial charge on any atom is 0.0952 e. The molecule has 0 unspecified atom stereocenters. The van der Waals surface area contributed by atoms with Crippen molar-refractivity contribution >= 4 is 0 Å². The SMILES string of the molecule is CCCNCCc1cn(Cc2cc(C)cc(C)c2)cn1. The van der Waals surface area contributed by atoms with Gasteiger partial charge in [0.15, 0.2) is 0 Å². The standard InChI is InChI=1S/C17H25N3/c1-4-6-18-7-5-17-12-20(13-19-17)11-16-9-14(2)8-15(3)10-16/h8-10,12-13,18H,4-7,11H2,1-3H3. The average Bonchev–Trinajstić information content (AvgIpc) is 2.81. The van der Waals surface area contributed by atoms with Crippen molar-refractivity contribution in [1.29, 1.82) is 0 Å². The Hall–Kier alpha value is -1.61. The number of nitrogens with zero attached hydrogens (tertiary/aromatic N) is 2. The zero-order valence-corrected chi connectivity index (χ0v) is 12.8. The molecule has 0 radical (unpaired) electrons. The predicted octanol–water partition coefficient (Wildman–Crippen LogP) is 3.09. The Kier molecular flexibility index (Phi) is 5.36. The fourth-order valence-corrected chi connectivity index (χ4v) is 2.51. The second kappa shape index (κ2) is 7.25. The van der Waals surface area contributed by atoms with Crippen LogP contribution in [0.4, 0.5) is 0 Å². The topological polar surface area (TPSA) is 29.9 Å². The van der Waals surface area contributed by atoms with Crippen LogP contribution in [0.2, 0.25) is 0 Å². The molecule has 1 aromatic carbocycles. The van der Waals surface area contributed by atoms with Crippen molar-refractivity contribution in [3.8, 4) is 0 Å². The first-order chi connectivity index (χ1) is 9.67. The molecule has 0 fully saturated rings. The highest BCUT2D eigenvalue weighted by Crippen LogP contribution is 2.11. The summed E-state index contributed by atoms with van der Waals surface area (Å²) in [6.45, 7) is 9.48. The fraction of sp³-hybridized carbons (Fsp3) is 0.471. The third-order valence-electron chi connectivity index (χ3n) is 3.32. The molecule has 1 heterocycles. The van der Waals surface area contributed by atoms with Crippen LogP contribution in [0.3, 0.4) is 0 Å². The van der Waals surface area contributed by atoms with E-state index in [1.165, 1.54) is 23.1 Å². The largest absolute Gasteiger partial charge is 0.333 e. The lowest BCUT2D eigenvalue weighted by molar-refractivity contribution is 0.666. The van der Waals surface area contributed by atoms with Gasteiger partial charge in [-0.2, -0.15) is 0 Å². The Bertz CT molecular complexity index is 523. The number of imidazole rings is 1. The first-order valence-corrected chi connectivity index (χ1v) is 7.46. The van der Waals surface area contributed by atoms with Gasteiger partial charge in [0.05, 0.1) is 12.0 Å². The van der Waals surface area contributed by atoms with Gasteiger partial charge in [-0.1, -0.05) is 36.2 Å². The van der Waals surface area contributed by atoms with Gasteiger partial charge in [0.1, 0.15) is 0 Å². The molecule has 1 N–H and O–H groups in total. The molecule has 2 aromatic rings. The summed E-state index contributed by atoms with van der Waals surface area (Å²) in [7, 11) is 0. The maximum atomic E-state index is 4.48. The number of hydrogen-bond acceptors (Lipinski definition) is 2. The van der Waals surface area contributed by atoms with E-state index in [1.54, 1.807) is 0 Å². The predicted molar refractivity (Wildman–Crippen MR) is 84.1 cm³/mol. The second-order valence-electron chi connectivity index (χ2n) is 5.53. The Labute approximate surface area is 122 Å². The van der Waals surface area contributed by atoms with E-state index in [0.29, 0.717) is 0 Å². The van der Waals surface area contributed by atoms with E-state index in [4.69, 9.17) is 0 Å². The van der Waals surface area contributed by atoms with Gasteiger partial charge in [-0.05, 0) is 32.4 Å². The summed E-state index contributed by atoms with van der Waals surface area (Å²) in [5, 5.41) is 3.41. The smallest absolute Gasteiger partial charge is 0.0952 e. The quantitative estimate of drug-likeness (QED) is 0.784. The summed E-state index contributed by atoms with van der Waals surface area (Å²) >= 11 is 0. The maximum absolute atomic E-state index is 4.48. The molecule has 3 nitrogen and oxygen atoms in total. The zero-order valence-electron chi connectivity index (χ0n) is 12.8. The highest BCUT2D eigenvalue weighted by molar-refractivity contribution is 5.28. The van der Waals surface area contributed by atoms with E-state index in [2.05, 4.69) is 60.0 Å². The van der Waals surface area contributed by atoms with E-state index < -0.39 is 0 Å². The third-order valence-corrected chi connectivity index (χ3v) is 3.32. The number of hydrogen-bond donors (Lipinski definition) is 1. The van der Waals surface area contributed by atoms with Crippen molar-refractivity contribution in [2.24, 2.45) is 0 Å². The normalized spacial score (nSPS) is 10.9. The fourth-order valence-electron chi connectivity index (χ4n) is 2.51. The molecule has 0 amide bonds. The van der Waals surface area contributed by atoms with Crippen molar-refractivity contribution < 1.29 is 0 Å². The Morgan fingerprint density at radius 3 is 2.55 bits per heavy atom. The lowest BCUT2D eigenvalue weighted by Crippen LogP contribution is -2.17. The first kappa shape index (κ1) is 14.8. The van der Waals surface area contributed by atoms with Gasteiger partial charge in [-0.25, -0.2) is 4.98 Å². The summed E-state index contributed by atoms with van der Waals surface area (Å²) in [6, 6.07) is 6.70. The van der Waals surface area contributed by atoms with Gasteiger partial charge < -0.3 is 9.88 Å². The van der Waals surface area contributed by atoms with Crippen LogP contribution in [-0.4, -0.2) is 22.6 Å². The summed E-state index contributed by atoms with van der Waals surface area (Å²) in [5.74, 6) is 0. The molecule has 1 aromatic heterocycles. The summed E-state index contributed by atoms with van der Waals surface area (Å²) in [6.07, 6.45) is 6.28. The van der Waals surface area contributed by atoms with Crippen molar-refractivity contribution in [3.63, 3.8) is 0 Å². The number of benzene rings is 1. The molecule has 0 aliphatic heterocycles. The molecule has 0 bridgehead atoms. The van der Waals surface area contributed by atoms with Gasteiger partial charge in [0, 0.05) is 25.7 Å². The average molecular weight is 271 g/mol. The van der Waals surface area contributed by atoms with Gasteiger partial charge in [-0.15, -0.1) is 0 Å². The van der Waals surface area contributed by atoms with Crippen LogP contribution in [-0.2, 0) is 13.0 Å². The molecule has 0 atom stereocenters. The molecule has 3 heteroatoms. The van der Waals surface area contributed by atoms with E-state index in [9.17, 15) is 0 Å². The molecule has 2 rings (SSSR count). The van der Waals surface area contributed by atoms with Crippen LogP contribution < -0.4 is 5.32 Å². The molecule has 0 saturated heterocycles. The lowest BCUT2D eigenvalue weighted by atomic mass is 10.1.